The molecule has 0 saturated carbocycles. The molecule has 12 nitrogen and oxygen atoms in total. The van der Waals surface area contributed by atoms with Crippen LogP contribution in [0, 0.1) is 20.2 Å². The molecule has 158 valence electrons. The summed E-state index contributed by atoms with van der Waals surface area (Å²) in [7, 11) is 0. The van der Waals surface area contributed by atoms with E-state index in [9.17, 15) is 34.6 Å². The van der Waals surface area contributed by atoms with Gasteiger partial charge in [-0.05, 0) is 18.6 Å². The van der Waals surface area contributed by atoms with Gasteiger partial charge in [-0.15, -0.1) is 0 Å². The standard InChI is InChI=1S/C19H14N4O8/c1-2-12(10-21-17(24)15-5-3-4-6-16(15)18(21)25)20-31-19(26)11-7-13(22(27)28)9-14(8-11)23(29)30/h3-9H,2,10H2,1H3. The number of fused-ring (bicyclic) bond motifs is 1. The van der Waals surface area contributed by atoms with Crippen LogP contribution in [0.25, 0.3) is 0 Å². The van der Waals surface area contributed by atoms with E-state index < -0.39 is 44.6 Å². The van der Waals surface area contributed by atoms with E-state index in [-0.39, 0.29) is 29.8 Å². The van der Waals surface area contributed by atoms with Crippen LogP contribution in [-0.4, -0.2) is 44.8 Å². The minimum atomic E-state index is -1.17. The van der Waals surface area contributed by atoms with E-state index in [4.69, 9.17) is 4.84 Å². The number of rotatable bonds is 7. The summed E-state index contributed by atoms with van der Waals surface area (Å²) in [5, 5.41) is 25.5. The molecule has 0 spiro atoms. The summed E-state index contributed by atoms with van der Waals surface area (Å²) in [4.78, 5) is 63.0. The number of nitro benzene ring substituents is 2. The fourth-order valence-electron chi connectivity index (χ4n) is 2.85. The quantitative estimate of drug-likeness (QED) is 0.214. The van der Waals surface area contributed by atoms with E-state index in [1.807, 2.05) is 0 Å². The van der Waals surface area contributed by atoms with Crippen LogP contribution in [0.2, 0.25) is 0 Å². The Morgan fingerprint density at radius 1 is 1.00 bits per heavy atom. The Balaban J connectivity index is 1.78. The van der Waals surface area contributed by atoms with Gasteiger partial charge < -0.3 is 4.84 Å². The maximum atomic E-state index is 12.4. The van der Waals surface area contributed by atoms with Gasteiger partial charge >= 0.3 is 5.97 Å². The summed E-state index contributed by atoms with van der Waals surface area (Å²) in [5.41, 5.74) is -1.09. The molecule has 3 rings (SSSR count). The highest BCUT2D eigenvalue weighted by Gasteiger charge is 2.35. The number of carbonyl (C=O) groups is 3. The van der Waals surface area contributed by atoms with Crippen LogP contribution >= 0.6 is 0 Å². The average molecular weight is 426 g/mol. The number of benzene rings is 2. The van der Waals surface area contributed by atoms with Crippen LogP contribution < -0.4 is 0 Å². The zero-order valence-electron chi connectivity index (χ0n) is 16.0. The van der Waals surface area contributed by atoms with E-state index in [1.165, 1.54) is 12.1 Å². The molecular weight excluding hydrogens is 412 g/mol. The zero-order chi connectivity index (χ0) is 22.7. The predicted octanol–water partition coefficient (Wildman–Crippen LogP) is 2.72. The summed E-state index contributed by atoms with van der Waals surface area (Å²) in [6.07, 6.45) is 0.218. The van der Waals surface area contributed by atoms with E-state index in [1.54, 1.807) is 19.1 Å². The second kappa shape index (κ2) is 8.49. The van der Waals surface area contributed by atoms with Crippen molar-refractivity contribution in [2.45, 2.75) is 13.3 Å². The second-order valence-corrected chi connectivity index (χ2v) is 6.38. The molecular formula is C19H14N4O8. The Morgan fingerprint density at radius 3 is 1.97 bits per heavy atom. The number of nitro groups is 2. The van der Waals surface area contributed by atoms with Crippen molar-refractivity contribution >= 4 is 34.9 Å². The maximum Gasteiger partial charge on any atom is 0.366 e. The lowest BCUT2D eigenvalue weighted by Crippen LogP contribution is -2.34. The summed E-state index contributed by atoms with van der Waals surface area (Å²) in [6.45, 7) is 1.42. The molecule has 0 fully saturated rings. The third-order valence-corrected chi connectivity index (χ3v) is 4.44. The molecule has 0 aromatic heterocycles. The van der Waals surface area contributed by atoms with Gasteiger partial charge in [-0.3, -0.25) is 34.7 Å². The Bertz CT molecular complexity index is 1090. The summed E-state index contributed by atoms with van der Waals surface area (Å²) in [5.74, 6) is -2.19. The fraction of sp³-hybridized carbons (Fsp3) is 0.158. The molecule has 0 bridgehead atoms. The third-order valence-electron chi connectivity index (χ3n) is 4.44. The normalized spacial score (nSPS) is 13.2. The number of amides is 2. The van der Waals surface area contributed by atoms with E-state index >= 15 is 0 Å². The molecule has 1 aliphatic rings. The number of carbonyl (C=O) groups excluding carboxylic acids is 3. The predicted molar refractivity (Wildman–Crippen MR) is 105 cm³/mol. The van der Waals surface area contributed by atoms with Crippen molar-refractivity contribution in [1.82, 2.24) is 4.90 Å². The van der Waals surface area contributed by atoms with E-state index in [2.05, 4.69) is 5.16 Å². The number of non-ortho nitro benzene ring substituents is 2. The van der Waals surface area contributed by atoms with Crippen LogP contribution in [0.3, 0.4) is 0 Å². The highest BCUT2D eigenvalue weighted by molar-refractivity contribution is 6.22. The molecule has 0 N–H and O–H groups in total. The van der Waals surface area contributed by atoms with Crippen molar-refractivity contribution in [2.24, 2.45) is 5.16 Å². The largest absolute Gasteiger partial charge is 0.366 e. The molecule has 2 aromatic carbocycles. The van der Waals surface area contributed by atoms with Gasteiger partial charge in [-0.25, -0.2) is 4.79 Å². The Labute approximate surface area is 174 Å². The fourth-order valence-corrected chi connectivity index (χ4v) is 2.85. The van der Waals surface area contributed by atoms with Gasteiger partial charge in [0.15, 0.2) is 0 Å². The molecule has 1 aliphatic heterocycles. The molecule has 2 aromatic rings. The van der Waals surface area contributed by atoms with Gasteiger partial charge in [0.25, 0.3) is 23.2 Å². The van der Waals surface area contributed by atoms with Crippen molar-refractivity contribution < 1.29 is 29.1 Å². The molecule has 2 amide bonds. The van der Waals surface area contributed by atoms with Gasteiger partial charge in [0.05, 0.1) is 44.9 Å². The first-order valence-electron chi connectivity index (χ1n) is 8.89. The molecule has 0 saturated heterocycles. The first-order valence-corrected chi connectivity index (χ1v) is 8.89. The summed E-state index contributed by atoms with van der Waals surface area (Å²) < 4.78 is 0. The third kappa shape index (κ3) is 4.27. The highest BCUT2D eigenvalue weighted by atomic mass is 16.7. The molecule has 0 unspecified atom stereocenters. The van der Waals surface area contributed by atoms with E-state index in [0.717, 1.165) is 17.0 Å². The monoisotopic (exact) mass is 426 g/mol. The van der Waals surface area contributed by atoms with Crippen LogP contribution in [0.1, 0.15) is 44.4 Å². The van der Waals surface area contributed by atoms with Crippen LogP contribution in [0.5, 0.6) is 0 Å². The number of hydrogen-bond donors (Lipinski definition) is 0. The number of nitrogens with zero attached hydrogens (tertiary/aromatic N) is 4. The molecule has 12 heteroatoms. The lowest BCUT2D eigenvalue weighted by Gasteiger charge is -2.14. The Morgan fingerprint density at radius 2 is 1.52 bits per heavy atom. The van der Waals surface area contributed by atoms with Crippen LogP contribution in [0.4, 0.5) is 11.4 Å². The Kier molecular flexibility index (Phi) is 5.81. The second-order valence-electron chi connectivity index (χ2n) is 6.38. The van der Waals surface area contributed by atoms with Gasteiger partial charge in [-0.2, -0.15) is 0 Å². The average Bonchev–Trinajstić information content (AvgIpc) is 3.00. The van der Waals surface area contributed by atoms with Crippen LogP contribution in [-0.2, 0) is 4.84 Å². The molecule has 0 aliphatic carbocycles. The number of imide groups is 1. The van der Waals surface area contributed by atoms with Crippen molar-refractivity contribution in [3.05, 3.63) is 79.4 Å². The summed E-state index contributed by atoms with van der Waals surface area (Å²) in [6, 6.07) is 8.65. The van der Waals surface area contributed by atoms with Gasteiger partial charge in [0.1, 0.15) is 0 Å². The number of hydrogen-bond acceptors (Lipinski definition) is 9. The molecule has 1 heterocycles. The van der Waals surface area contributed by atoms with Crippen molar-refractivity contribution in [2.75, 3.05) is 6.54 Å². The first kappa shape index (κ1) is 21.2. The minimum Gasteiger partial charge on any atom is -0.313 e. The minimum absolute atomic E-state index is 0.169. The van der Waals surface area contributed by atoms with E-state index in [0.29, 0.717) is 6.07 Å². The molecule has 0 radical (unpaired) electrons. The van der Waals surface area contributed by atoms with Gasteiger partial charge in [0.2, 0.25) is 0 Å². The van der Waals surface area contributed by atoms with Crippen LogP contribution in [0.15, 0.2) is 47.6 Å². The van der Waals surface area contributed by atoms with Crippen molar-refractivity contribution in [1.29, 1.82) is 0 Å². The number of oxime groups is 1. The molecule has 31 heavy (non-hydrogen) atoms. The lowest BCUT2D eigenvalue weighted by molar-refractivity contribution is -0.394. The summed E-state index contributed by atoms with van der Waals surface area (Å²) >= 11 is 0. The van der Waals surface area contributed by atoms with Crippen molar-refractivity contribution in [3.8, 4) is 0 Å². The Hall–Kier alpha value is -4.48. The SMILES string of the molecule is CCC(CN1C(=O)c2ccccc2C1=O)=NOC(=O)c1cc([N+](=O)[O-])cc([N+](=O)[O-])c1. The highest BCUT2D eigenvalue weighted by Crippen LogP contribution is 2.24. The molecule has 0 atom stereocenters. The topological polar surface area (TPSA) is 162 Å². The van der Waals surface area contributed by atoms with Gasteiger partial charge in [0, 0.05) is 12.1 Å². The zero-order valence-corrected chi connectivity index (χ0v) is 16.0. The maximum absolute atomic E-state index is 12.4. The van der Waals surface area contributed by atoms with Crippen molar-refractivity contribution in [3.63, 3.8) is 0 Å². The smallest absolute Gasteiger partial charge is 0.313 e. The van der Waals surface area contributed by atoms with Gasteiger partial charge in [-0.1, -0.05) is 24.2 Å². The first-order chi connectivity index (χ1) is 14.7. The lowest BCUT2D eigenvalue weighted by atomic mass is 10.1.